The molecule has 5 heteroatoms. The maximum absolute atomic E-state index is 13.1. The van der Waals surface area contributed by atoms with E-state index in [0.29, 0.717) is 35.5 Å². The number of Topliss-reactive ketones (excluding diaryl/α,β-unsaturated/α-hetero) is 1. The lowest BCUT2D eigenvalue weighted by Crippen LogP contribution is -2.42. The molecular weight excluding hydrogens is 378 g/mol. The lowest BCUT2D eigenvalue weighted by atomic mass is 9.89. The van der Waals surface area contributed by atoms with Gasteiger partial charge in [0.2, 0.25) is 0 Å². The van der Waals surface area contributed by atoms with Crippen molar-refractivity contribution in [2.75, 3.05) is 20.2 Å². The number of likely N-dealkylation sites (tertiary alicyclic amines) is 1. The van der Waals surface area contributed by atoms with Gasteiger partial charge in [-0.1, -0.05) is 30.0 Å². The van der Waals surface area contributed by atoms with Crippen molar-refractivity contribution in [2.45, 2.75) is 32.3 Å². The summed E-state index contributed by atoms with van der Waals surface area (Å²) >= 11 is 0. The average Bonchev–Trinajstić information content (AvgIpc) is 2.76. The van der Waals surface area contributed by atoms with Gasteiger partial charge in [0.1, 0.15) is 11.4 Å². The monoisotopic (exact) mass is 405 g/mol. The summed E-state index contributed by atoms with van der Waals surface area (Å²) in [4.78, 5) is 27.8. The van der Waals surface area contributed by atoms with Crippen molar-refractivity contribution in [3.05, 3.63) is 65.2 Å². The van der Waals surface area contributed by atoms with Crippen LogP contribution in [0.25, 0.3) is 0 Å². The topological polar surface area (TPSA) is 66.8 Å². The molecule has 1 aliphatic heterocycles. The highest BCUT2D eigenvalue weighted by Crippen LogP contribution is 2.24. The van der Waals surface area contributed by atoms with E-state index in [1.165, 1.54) is 0 Å². The van der Waals surface area contributed by atoms with Gasteiger partial charge in [0, 0.05) is 35.7 Å². The number of aliphatic hydroxyl groups is 1. The fourth-order valence-electron chi connectivity index (χ4n) is 3.53. The Kier molecular flexibility index (Phi) is 6.59. The first-order chi connectivity index (χ1) is 14.3. The number of carbonyl (C=O) groups is 2. The fraction of sp³-hybridized carbons (Fsp3) is 0.360. The van der Waals surface area contributed by atoms with E-state index < -0.39 is 5.60 Å². The largest absolute Gasteiger partial charge is 0.497 e. The van der Waals surface area contributed by atoms with E-state index in [2.05, 4.69) is 11.8 Å². The van der Waals surface area contributed by atoms with E-state index in [0.717, 1.165) is 12.8 Å². The first-order valence-corrected chi connectivity index (χ1v) is 10.1. The fourth-order valence-corrected chi connectivity index (χ4v) is 3.53. The molecule has 0 unspecified atom stereocenters. The Balaban J connectivity index is 1.74. The van der Waals surface area contributed by atoms with Crippen LogP contribution in [0.4, 0.5) is 0 Å². The summed E-state index contributed by atoms with van der Waals surface area (Å²) < 4.78 is 5.22. The highest BCUT2D eigenvalue weighted by atomic mass is 16.5. The zero-order valence-electron chi connectivity index (χ0n) is 17.6. The van der Waals surface area contributed by atoms with Crippen LogP contribution in [0.1, 0.15) is 53.0 Å². The van der Waals surface area contributed by atoms with Gasteiger partial charge >= 0.3 is 0 Å². The summed E-state index contributed by atoms with van der Waals surface area (Å²) in [5, 5.41) is 9.78. The van der Waals surface area contributed by atoms with Crippen molar-refractivity contribution in [1.29, 1.82) is 0 Å². The smallest absolute Gasteiger partial charge is 0.253 e. The molecule has 1 N–H and O–H groups in total. The zero-order chi connectivity index (χ0) is 21.7. The van der Waals surface area contributed by atoms with Gasteiger partial charge in [0.05, 0.1) is 7.11 Å². The first-order valence-electron chi connectivity index (χ1n) is 10.1. The van der Waals surface area contributed by atoms with Gasteiger partial charge in [-0.15, -0.1) is 0 Å². The number of hydrogen-bond donors (Lipinski definition) is 1. The van der Waals surface area contributed by atoms with Crippen molar-refractivity contribution in [3.8, 4) is 17.6 Å². The minimum absolute atomic E-state index is 0.0381. The van der Waals surface area contributed by atoms with Crippen LogP contribution in [-0.4, -0.2) is 47.5 Å². The molecular formula is C25H27NO4. The third-order valence-corrected chi connectivity index (χ3v) is 5.06. The Morgan fingerprint density at radius 1 is 1.13 bits per heavy atom. The van der Waals surface area contributed by atoms with Gasteiger partial charge in [-0.25, -0.2) is 0 Å². The second-order valence-corrected chi connectivity index (χ2v) is 8.08. The molecule has 30 heavy (non-hydrogen) atoms. The maximum atomic E-state index is 13.1. The summed E-state index contributed by atoms with van der Waals surface area (Å²) in [6, 6.07) is 14.2. The molecule has 1 atom stereocenters. The van der Waals surface area contributed by atoms with Gasteiger partial charge in [-0.05, 0) is 57.0 Å². The highest BCUT2D eigenvalue weighted by molar-refractivity contribution is 5.99. The summed E-state index contributed by atoms with van der Waals surface area (Å²) in [6.07, 6.45) is 1.54. The SMILES string of the molecule is COc1cccc(C(=O)[C@H]2CCCN(C(=O)c3cccc(C#CC(C)(C)O)c3)C2)c1. The normalized spacial score (nSPS) is 16.4. The van der Waals surface area contributed by atoms with Crippen LogP contribution in [-0.2, 0) is 0 Å². The van der Waals surface area contributed by atoms with Gasteiger partial charge < -0.3 is 14.7 Å². The molecule has 3 rings (SSSR count). The summed E-state index contributed by atoms with van der Waals surface area (Å²) in [6.45, 7) is 4.25. The molecule has 0 spiro atoms. The molecule has 1 aliphatic rings. The van der Waals surface area contributed by atoms with Gasteiger partial charge in [-0.3, -0.25) is 9.59 Å². The molecule has 1 saturated heterocycles. The molecule has 5 nitrogen and oxygen atoms in total. The molecule has 0 saturated carbocycles. The third kappa shape index (κ3) is 5.49. The van der Waals surface area contributed by atoms with Crippen LogP contribution in [0.2, 0.25) is 0 Å². The van der Waals surface area contributed by atoms with Gasteiger partial charge in [-0.2, -0.15) is 0 Å². The van der Waals surface area contributed by atoms with Gasteiger partial charge in [0.25, 0.3) is 5.91 Å². The third-order valence-electron chi connectivity index (χ3n) is 5.06. The van der Waals surface area contributed by atoms with Crippen molar-refractivity contribution in [1.82, 2.24) is 4.90 Å². The Morgan fingerprint density at radius 2 is 1.87 bits per heavy atom. The lowest BCUT2D eigenvalue weighted by Gasteiger charge is -2.32. The minimum atomic E-state index is -1.10. The first kappa shape index (κ1) is 21.6. The Hall–Kier alpha value is -3.10. The average molecular weight is 405 g/mol. The van der Waals surface area contributed by atoms with Crippen LogP contribution in [0.5, 0.6) is 5.75 Å². The number of methoxy groups -OCH3 is 1. The molecule has 0 bridgehead atoms. The van der Waals surface area contributed by atoms with Crippen molar-refractivity contribution >= 4 is 11.7 Å². The number of hydrogen-bond acceptors (Lipinski definition) is 4. The molecule has 2 aromatic rings. The van der Waals surface area contributed by atoms with Crippen molar-refractivity contribution in [2.24, 2.45) is 5.92 Å². The maximum Gasteiger partial charge on any atom is 0.253 e. The van der Waals surface area contributed by atoms with Crippen molar-refractivity contribution in [3.63, 3.8) is 0 Å². The Morgan fingerprint density at radius 3 is 2.60 bits per heavy atom. The Bertz CT molecular complexity index is 994. The molecule has 2 aromatic carbocycles. The molecule has 1 amide bonds. The molecule has 0 radical (unpaired) electrons. The number of nitrogens with zero attached hydrogens (tertiary/aromatic N) is 1. The number of benzene rings is 2. The number of piperidine rings is 1. The summed E-state index contributed by atoms with van der Waals surface area (Å²) in [5.74, 6) is 6.01. The zero-order valence-corrected chi connectivity index (χ0v) is 17.6. The van der Waals surface area contributed by atoms with Crippen LogP contribution in [0, 0.1) is 17.8 Å². The summed E-state index contributed by atoms with van der Waals surface area (Å²) in [5.41, 5.74) is 0.717. The number of carbonyl (C=O) groups excluding carboxylic acids is 2. The quantitative estimate of drug-likeness (QED) is 0.624. The lowest BCUT2D eigenvalue weighted by molar-refractivity contribution is 0.0636. The van der Waals surface area contributed by atoms with Crippen LogP contribution < -0.4 is 4.74 Å². The second kappa shape index (κ2) is 9.15. The molecule has 1 fully saturated rings. The van der Waals surface area contributed by atoms with E-state index in [4.69, 9.17) is 4.74 Å². The Labute approximate surface area is 177 Å². The summed E-state index contributed by atoms with van der Waals surface area (Å²) in [7, 11) is 1.57. The number of ketones is 1. The molecule has 156 valence electrons. The van der Waals surface area contributed by atoms with Gasteiger partial charge in [0.15, 0.2) is 5.78 Å². The predicted octanol–water partition coefficient (Wildman–Crippen LogP) is 3.55. The van der Waals surface area contributed by atoms with Crippen molar-refractivity contribution < 1.29 is 19.4 Å². The number of ether oxygens (including phenoxy) is 1. The van der Waals surface area contributed by atoms with E-state index >= 15 is 0 Å². The number of rotatable bonds is 4. The second-order valence-electron chi connectivity index (χ2n) is 8.08. The number of amides is 1. The van der Waals surface area contributed by atoms with Crippen LogP contribution >= 0.6 is 0 Å². The highest BCUT2D eigenvalue weighted by Gasteiger charge is 2.29. The van der Waals surface area contributed by atoms with E-state index in [-0.39, 0.29) is 17.6 Å². The molecule has 0 aliphatic carbocycles. The molecule has 0 aromatic heterocycles. The minimum Gasteiger partial charge on any atom is -0.497 e. The standard InChI is InChI=1S/C25H27NO4/c1-25(2,29)13-12-18-7-4-9-20(15-18)24(28)26-14-6-10-21(17-26)23(27)19-8-5-11-22(16-19)30-3/h4-5,7-9,11,15-16,21,29H,6,10,14,17H2,1-3H3/t21-/m0/s1. The van der Waals surface area contributed by atoms with E-state index in [9.17, 15) is 14.7 Å². The molecule has 1 heterocycles. The van der Waals surface area contributed by atoms with Crippen LogP contribution in [0.15, 0.2) is 48.5 Å². The predicted molar refractivity (Wildman–Crippen MR) is 116 cm³/mol. The van der Waals surface area contributed by atoms with E-state index in [1.54, 1.807) is 74.4 Å². The van der Waals surface area contributed by atoms with E-state index in [1.807, 2.05) is 0 Å². The van der Waals surface area contributed by atoms with Crippen LogP contribution in [0.3, 0.4) is 0 Å².